The summed E-state index contributed by atoms with van der Waals surface area (Å²) in [5.41, 5.74) is 23.1. The molecule has 2 atom stereocenters. The number of fused-ring (bicyclic) bond motifs is 2. The van der Waals surface area contributed by atoms with Crippen molar-refractivity contribution in [3.63, 3.8) is 0 Å². The first-order valence-electron chi connectivity index (χ1n) is 17.8. The molecular formula is C46H49SiZr. The van der Waals surface area contributed by atoms with Crippen molar-refractivity contribution in [1.29, 1.82) is 0 Å². The number of allylic oxidation sites excluding steroid dienone is 2. The summed E-state index contributed by atoms with van der Waals surface area (Å²) in [6.45, 7) is 21.7. The summed E-state index contributed by atoms with van der Waals surface area (Å²) < 4.78 is 1.20. The van der Waals surface area contributed by atoms with Crippen LogP contribution in [-0.4, -0.2) is 5.92 Å². The molecule has 2 heteroatoms. The Hall–Kier alpha value is -3.32. The van der Waals surface area contributed by atoms with E-state index in [4.69, 9.17) is 0 Å². The number of aryl methyl sites for hydroxylation is 4. The molecule has 5 aromatic rings. The second kappa shape index (κ2) is 13.2. The average Bonchev–Trinajstić information content (AvgIpc) is 3.58. The summed E-state index contributed by atoms with van der Waals surface area (Å²) in [4.78, 5) is 0. The van der Waals surface area contributed by atoms with Gasteiger partial charge in [-0.25, -0.2) is 0 Å². The Balaban J connectivity index is 1.45. The van der Waals surface area contributed by atoms with Gasteiger partial charge in [0.2, 0.25) is 0 Å². The fourth-order valence-electron chi connectivity index (χ4n) is 8.75. The van der Waals surface area contributed by atoms with Gasteiger partial charge in [0, 0.05) is 0 Å². The molecule has 0 N–H and O–H groups in total. The van der Waals surface area contributed by atoms with Gasteiger partial charge in [-0.05, 0) is 0 Å². The molecule has 0 saturated carbocycles. The Morgan fingerprint density at radius 1 is 0.521 bits per heavy atom. The molecule has 2 unspecified atom stereocenters. The Kier molecular flexibility index (Phi) is 9.12. The molecule has 0 saturated heterocycles. The Bertz CT molecular complexity index is 2050. The van der Waals surface area contributed by atoms with Crippen LogP contribution in [0, 0.1) is 33.6 Å². The fourth-order valence-corrected chi connectivity index (χ4v) is 32.0. The van der Waals surface area contributed by atoms with E-state index in [1.54, 1.807) is 22.3 Å². The van der Waals surface area contributed by atoms with Gasteiger partial charge in [-0.15, -0.1) is 0 Å². The third kappa shape index (κ3) is 6.05. The minimum atomic E-state index is -2.27. The average molecular weight is 721 g/mol. The van der Waals surface area contributed by atoms with Crippen molar-refractivity contribution in [3.8, 4) is 33.4 Å². The van der Waals surface area contributed by atoms with Gasteiger partial charge in [0.15, 0.2) is 0 Å². The van der Waals surface area contributed by atoms with Crippen molar-refractivity contribution in [2.75, 3.05) is 0 Å². The van der Waals surface area contributed by atoms with Crippen LogP contribution < -0.4 is 0 Å². The summed E-state index contributed by atoms with van der Waals surface area (Å²) in [5.74, 6) is -0.479. The molecule has 0 aliphatic heterocycles. The molecule has 0 aromatic heterocycles. The maximum atomic E-state index is 2.69. The van der Waals surface area contributed by atoms with E-state index >= 15 is 0 Å². The molecule has 0 fully saturated rings. The molecule has 5 aromatic carbocycles. The zero-order valence-corrected chi connectivity index (χ0v) is 33.8. The Morgan fingerprint density at radius 2 is 1.10 bits per heavy atom. The normalized spacial score (nSPS) is 16.6. The standard InChI is InChI=1S/C26H25.C18H17.C2H7Si.Zr/c1-16-6-17(2)9-21(8-16)22-14-24-12-20(5)13-25(24)26(15-22)23-10-18(3)7-19(4)11-23;1-13(2)16-11-15-9-6-10-17(18(15)12-16)14-7-4-3-5-8-14;1-3-2;/h6-15H,1-5H3;3-13H,1-2H3;3H,1-2H3;. The first-order valence-corrected chi connectivity index (χ1v) is 27.8. The van der Waals surface area contributed by atoms with Crippen LogP contribution in [0.5, 0.6) is 0 Å². The summed E-state index contributed by atoms with van der Waals surface area (Å²) in [5, 5.41) is 0. The molecular weight excluding hydrogens is 672 g/mol. The van der Waals surface area contributed by atoms with Gasteiger partial charge in [0.1, 0.15) is 0 Å². The zero-order chi connectivity index (χ0) is 33.9. The topological polar surface area (TPSA) is 0 Å². The van der Waals surface area contributed by atoms with Gasteiger partial charge >= 0.3 is 300 Å². The maximum absolute atomic E-state index is 2.69. The second-order valence-corrected chi connectivity index (χ2v) is 35.2. The van der Waals surface area contributed by atoms with Crippen LogP contribution in [0.3, 0.4) is 0 Å². The predicted octanol–water partition coefficient (Wildman–Crippen LogP) is 12.8. The third-order valence-electron chi connectivity index (χ3n) is 10.6. The van der Waals surface area contributed by atoms with Crippen LogP contribution in [0.1, 0.15) is 72.5 Å². The van der Waals surface area contributed by atoms with Gasteiger partial charge in [-0.1, -0.05) is 0 Å². The van der Waals surface area contributed by atoms with Crippen molar-refractivity contribution in [2.24, 2.45) is 5.92 Å². The number of hydrogen-bond donors (Lipinski definition) is 0. The van der Waals surface area contributed by atoms with Gasteiger partial charge in [-0.2, -0.15) is 0 Å². The van der Waals surface area contributed by atoms with Crippen LogP contribution in [-0.2, 0) is 20.9 Å². The monoisotopic (exact) mass is 719 g/mol. The Morgan fingerprint density at radius 3 is 1.71 bits per heavy atom. The van der Waals surface area contributed by atoms with Crippen molar-refractivity contribution < 1.29 is 20.9 Å². The zero-order valence-electron chi connectivity index (χ0n) is 30.2. The van der Waals surface area contributed by atoms with E-state index in [0.717, 1.165) is 0 Å². The van der Waals surface area contributed by atoms with E-state index < -0.39 is 26.8 Å². The van der Waals surface area contributed by atoms with E-state index in [-0.39, 0.29) is 0 Å². The van der Waals surface area contributed by atoms with E-state index in [0.29, 0.717) is 13.2 Å². The first kappa shape index (κ1) is 33.2. The molecule has 0 amide bonds. The molecule has 2 aliphatic rings. The van der Waals surface area contributed by atoms with Crippen LogP contribution in [0.25, 0.3) is 45.5 Å². The van der Waals surface area contributed by atoms with Gasteiger partial charge in [0.25, 0.3) is 0 Å². The number of benzene rings is 5. The Labute approximate surface area is 297 Å². The van der Waals surface area contributed by atoms with E-state index in [9.17, 15) is 0 Å². The SMILES string of the molecule is CC1=Cc2c(-c3cc(C)cc(C)c3)cc(-c3cc(C)cc(C)c3)cc2[CH]1[Zr]([CH]1C(C(C)C)=Cc2c(-c3ccccc3)cccc21)[SiH](C)C. The molecule has 0 spiro atoms. The number of hydrogen-bond acceptors (Lipinski definition) is 0. The van der Waals surface area contributed by atoms with Crippen LogP contribution in [0.15, 0.2) is 108 Å². The molecule has 241 valence electrons. The first-order chi connectivity index (χ1) is 23.0. The quantitative estimate of drug-likeness (QED) is 0.147. The van der Waals surface area contributed by atoms with Crippen molar-refractivity contribution in [1.82, 2.24) is 0 Å². The third-order valence-corrected chi connectivity index (χ3v) is 32.5. The molecule has 0 bridgehead atoms. The van der Waals surface area contributed by atoms with Crippen molar-refractivity contribution in [2.45, 2.75) is 68.8 Å². The van der Waals surface area contributed by atoms with Gasteiger partial charge in [-0.3, -0.25) is 0 Å². The second-order valence-electron chi connectivity index (χ2n) is 15.2. The van der Waals surface area contributed by atoms with E-state index in [1.807, 2.05) is 0 Å². The van der Waals surface area contributed by atoms with Crippen LogP contribution >= 0.6 is 0 Å². The summed E-state index contributed by atoms with van der Waals surface area (Å²) >= 11 is -2.27. The van der Waals surface area contributed by atoms with Gasteiger partial charge < -0.3 is 0 Å². The van der Waals surface area contributed by atoms with Crippen LogP contribution in [0.2, 0.25) is 13.1 Å². The molecule has 48 heavy (non-hydrogen) atoms. The number of rotatable bonds is 7. The summed E-state index contributed by atoms with van der Waals surface area (Å²) in [6.07, 6.45) is 5.23. The van der Waals surface area contributed by atoms with Crippen molar-refractivity contribution >= 4 is 18.1 Å². The van der Waals surface area contributed by atoms with Gasteiger partial charge in [0.05, 0.1) is 0 Å². The summed E-state index contributed by atoms with van der Waals surface area (Å²) in [7, 11) is 0. The van der Waals surface area contributed by atoms with Crippen LogP contribution in [0.4, 0.5) is 0 Å². The minimum absolute atomic E-state index is 0.534. The molecule has 2 aliphatic carbocycles. The molecule has 0 nitrogen and oxygen atoms in total. The predicted molar refractivity (Wildman–Crippen MR) is 209 cm³/mol. The summed E-state index contributed by atoms with van der Waals surface area (Å²) in [6, 6.07) is 37.6. The fraction of sp³-hybridized carbons (Fsp3) is 0.261. The molecule has 7 rings (SSSR count). The molecule has 0 radical (unpaired) electrons. The van der Waals surface area contributed by atoms with E-state index in [2.05, 4.69) is 171 Å². The van der Waals surface area contributed by atoms with Crippen molar-refractivity contribution in [3.05, 3.63) is 153 Å². The van der Waals surface area contributed by atoms with E-state index in [1.165, 1.54) is 66.8 Å². The molecule has 0 heterocycles.